The molecule has 16 heavy (non-hydrogen) atoms. The van der Waals surface area contributed by atoms with E-state index in [1.54, 1.807) is 17.5 Å². The van der Waals surface area contributed by atoms with Crippen molar-refractivity contribution < 1.29 is 0 Å². The van der Waals surface area contributed by atoms with E-state index in [0.717, 1.165) is 23.5 Å². The van der Waals surface area contributed by atoms with Crippen LogP contribution in [0, 0.1) is 0 Å². The van der Waals surface area contributed by atoms with Gasteiger partial charge in [-0.15, -0.1) is 17.9 Å². The number of hydrogen-bond acceptors (Lipinski definition) is 3. The van der Waals surface area contributed by atoms with Crippen molar-refractivity contribution in [3.63, 3.8) is 0 Å². The quantitative estimate of drug-likeness (QED) is 0.856. The molecule has 0 aliphatic rings. The molecule has 0 aliphatic heterocycles. The normalized spacial score (nSPS) is 10.3. The van der Waals surface area contributed by atoms with Gasteiger partial charge in [-0.3, -0.25) is 0 Å². The van der Waals surface area contributed by atoms with Crippen molar-refractivity contribution in [2.24, 2.45) is 0 Å². The summed E-state index contributed by atoms with van der Waals surface area (Å²) in [5, 5.41) is 5.38. The van der Waals surface area contributed by atoms with Crippen molar-refractivity contribution >= 4 is 33.2 Å². The van der Waals surface area contributed by atoms with Crippen LogP contribution in [0.4, 0.5) is 5.95 Å². The van der Waals surface area contributed by atoms with Gasteiger partial charge in [-0.25, -0.2) is 4.98 Å². The summed E-state index contributed by atoms with van der Waals surface area (Å²) in [5.74, 6) is 0.879. The van der Waals surface area contributed by atoms with Gasteiger partial charge in [-0.2, -0.15) is 0 Å². The predicted molar refractivity (Wildman–Crippen MR) is 71.8 cm³/mol. The Morgan fingerprint density at radius 3 is 3.19 bits per heavy atom. The monoisotopic (exact) mass is 297 g/mol. The molecule has 0 saturated carbocycles. The summed E-state index contributed by atoms with van der Waals surface area (Å²) in [5.41, 5.74) is 0. The van der Waals surface area contributed by atoms with Crippen molar-refractivity contribution in [3.05, 3.63) is 45.8 Å². The first-order valence-corrected chi connectivity index (χ1v) is 6.55. The lowest BCUT2D eigenvalue weighted by Crippen LogP contribution is -2.05. The van der Waals surface area contributed by atoms with Gasteiger partial charge in [0.05, 0.1) is 6.54 Å². The van der Waals surface area contributed by atoms with E-state index in [0.29, 0.717) is 0 Å². The number of nitrogens with one attached hydrogen (secondary N) is 1. The molecule has 2 heterocycles. The van der Waals surface area contributed by atoms with E-state index in [-0.39, 0.29) is 0 Å². The summed E-state index contributed by atoms with van der Waals surface area (Å²) in [6, 6.07) is 2.11. The fourth-order valence-corrected chi connectivity index (χ4v) is 2.77. The molecule has 84 valence electrons. The molecule has 2 aromatic heterocycles. The van der Waals surface area contributed by atoms with Crippen LogP contribution in [0.5, 0.6) is 0 Å². The Morgan fingerprint density at radius 2 is 2.50 bits per heavy atom. The molecule has 0 fully saturated rings. The molecule has 0 aliphatic carbocycles. The largest absolute Gasteiger partial charge is 0.351 e. The second-order valence-electron chi connectivity index (χ2n) is 3.28. The van der Waals surface area contributed by atoms with Crippen LogP contribution in [-0.2, 0) is 13.1 Å². The number of allylic oxidation sites excluding steroid dienone is 1. The van der Waals surface area contributed by atoms with Crippen molar-refractivity contribution in [1.29, 1.82) is 0 Å². The fourth-order valence-electron chi connectivity index (χ4n) is 1.38. The molecule has 1 N–H and O–H groups in total. The third-order valence-electron chi connectivity index (χ3n) is 2.08. The van der Waals surface area contributed by atoms with Crippen LogP contribution in [0.2, 0.25) is 0 Å². The van der Waals surface area contributed by atoms with Crippen molar-refractivity contribution in [3.8, 4) is 0 Å². The lowest BCUT2D eigenvalue weighted by molar-refractivity contribution is 0.821. The minimum absolute atomic E-state index is 0.774. The molecular weight excluding hydrogens is 286 g/mol. The first kappa shape index (κ1) is 11.4. The highest BCUT2D eigenvalue weighted by atomic mass is 79.9. The molecule has 2 aromatic rings. The van der Waals surface area contributed by atoms with E-state index in [2.05, 4.69) is 44.3 Å². The van der Waals surface area contributed by atoms with Gasteiger partial charge >= 0.3 is 0 Å². The zero-order valence-corrected chi connectivity index (χ0v) is 11.1. The van der Waals surface area contributed by atoms with E-state index >= 15 is 0 Å². The standard InChI is InChI=1S/C11H12BrN3S/c1-2-4-15-5-3-13-11(15)14-7-10-6-9(12)8-16-10/h2-3,5-6,8H,1,4,7H2,(H,13,14). The molecule has 0 unspecified atom stereocenters. The van der Waals surface area contributed by atoms with Gasteiger partial charge in [-0.1, -0.05) is 6.08 Å². The van der Waals surface area contributed by atoms with E-state index in [1.165, 1.54) is 4.88 Å². The molecule has 5 heteroatoms. The number of nitrogens with zero attached hydrogens (tertiary/aromatic N) is 2. The van der Waals surface area contributed by atoms with Crippen LogP contribution in [0.15, 0.2) is 41.0 Å². The Hall–Kier alpha value is -1.07. The number of imidazole rings is 1. The molecule has 2 rings (SSSR count). The van der Waals surface area contributed by atoms with Gasteiger partial charge in [0, 0.05) is 33.7 Å². The molecule has 0 saturated heterocycles. The Kier molecular flexibility index (Phi) is 3.79. The van der Waals surface area contributed by atoms with Crippen molar-refractivity contribution in [2.75, 3.05) is 5.32 Å². The Bertz CT molecular complexity index is 475. The maximum Gasteiger partial charge on any atom is 0.203 e. The highest BCUT2D eigenvalue weighted by Gasteiger charge is 2.02. The molecule has 0 spiro atoms. The number of aromatic nitrogens is 2. The smallest absolute Gasteiger partial charge is 0.203 e. The molecule has 0 atom stereocenters. The SMILES string of the molecule is C=CCn1ccnc1NCc1cc(Br)cs1. The molecule has 0 bridgehead atoms. The zero-order chi connectivity index (χ0) is 11.4. The Balaban J connectivity index is 1.98. The van der Waals surface area contributed by atoms with Crippen molar-refractivity contribution in [1.82, 2.24) is 9.55 Å². The third kappa shape index (κ3) is 2.74. The van der Waals surface area contributed by atoms with Gasteiger partial charge in [0.25, 0.3) is 0 Å². The number of hydrogen-bond donors (Lipinski definition) is 1. The lowest BCUT2D eigenvalue weighted by Gasteiger charge is -2.06. The van der Waals surface area contributed by atoms with Crippen LogP contribution >= 0.6 is 27.3 Å². The molecule has 0 radical (unpaired) electrons. The van der Waals surface area contributed by atoms with E-state index in [1.807, 2.05) is 16.8 Å². The Morgan fingerprint density at radius 1 is 1.62 bits per heavy atom. The number of rotatable bonds is 5. The van der Waals surface area contributed by atoms with Crippen LogP contribution in [0.25, 0.3) is 0 Å². The van der Waals surface area contributed by atoms with Crippen LogP contribution in [-0.4, -0.2) is 9.55 Å². The van der Waals surface area contributed by atoms with Gasteiger partial charge in [0.15, 0.2) is 0 Å². The number of anilines is 1. The van der Waals surface area contributed by atoms with Gasteiger partial charge < -0.3 is 9.88 Å². The minimum atomic E-state index is 0.774. The van der Waals surface area contributed by atoms with E-state index in [9.17, 15) is 0 Å². The average molecular weight is 298 g/mol. The highest BCUT2D eigenvalue weighted by molar-refractivity contribution is 9.10. The summed E-state index contributed by atoms with van der Waals surface area (Å²) in [6.45, 7) is 5.29. The molecule has 0 aromatic carbocycles. The highest BCUT2D eigenvalue weighted by Crippen LogP contribution is 2.20. The predicted octanol–water partition coefficient (Wildman–Crippen LogP) is 3.51. The average Bonchev–Trinajstić information content (AvgIpc) is 2.85. The topological polar surface area (TPSA) is 29.9 Å². The molecule has 3 nitrogen and oxygen atoms in total. The number of thiophene rings is 1. The van der Waals surface area contributed by atoms with Gasteiger partial charge in [-0.05, 0) is 22.0 Å². The van der Waals surface area contributed by atoms with Crippen LogP contribution in [0.1, 0.15) is 4.88 Å². The number of halogens is 1. The Labute approximate surface area is 107 Å². The van der Waals surface area contributed by atoms with Gasteiger partial charge in [0.2, 0.25) is 5.95 Å². The van der Waals surface area contributed by atoms with Crippen LogP contribution < -0.4 is 5.32 Å². The second kappa shape index (κ2) is 5.32. The summed E-state index contributed by atoms with van der Waals surface area (Å²) < 4.78 is 3.15. The van der Waals surface area contributed by atoms with Gasteiger partial charge in [0.1, 0.15) is 0 Å². The lowest BCUT2D eigenvalue weighted by atomic mass is 10.5. The minimum Gasteiger partial charge on any atom is -0.351 e. The zero-order valence-electron chi connectivity index (χ0n) is 8.69. The summed E-state index contributed by atoms with van der Waals surface area (Å²) in [7, 11) is 0. The first-order chi connectivity index (χ1) is 7.79. The second-order valence-corrected chi connectivity index (χ2v) is 5.19. The first-order valence-electron chi connectivity index (χ1n) is 4.88. The fraction of sp³-hybridized carbons (Fsp3) is 0.182. The summed E-state index contributed by atoms with van der Waals surface area (Å²) in [4.78, 5) is 5.53. The third-order valence-corrected chi connectivity index (χ3v) is 3.78. The van der Waals surface area contributed by atoms with E-state index < -0.39 is 0 Å². The van der Waals surface area contributed by atoms with Crippen molar-refractivity contribution in [2.45, 2.75) is 13.1 Å². The molecule has 0 amide bonds. The maximum absolute atomic E-state index is 4.25. The van der Waals surface area contributed by atoms with Crippen LogP contribution in [0.3, 0.4) is 0 Å². The summed E-state index contributed by atoms with van der Waals surface area (Å²) in [6.07, 6.45) is 5.58. The van der Waals surface area contributed by atoms with E-state index in [4.69, 9.17) is 0 Å². The molecular formula is C11H12BrN3S. The summed E-state index contributed by atoms with van der Waals surface area (Å²) >= 11 is 5.16. The maximum atomic E-state index is 4.25.